The van der Waals surface area contributed by atoms with Gasteiger partial charge >= 0.3 is 0 Å². The lowest BCUT2D eigenvalue weighted by molar-refractivity contribution is 0.0642. The number of aryl methyl sites for hydroxylation is 1. The van der Waals surface area contributed by atoms with Gasteiger partial charge in [0.2, 0.25) is 5.13 Å². The summed E-state index contributed by atoms with van der Waals surface area (Å²) in [6, 6.07) is 21.8. The van der Waals surface area contributed by atoms with E-state index in [2.05, 4.69) is 27.6 Å². The second-order valence-corrected chi connectivity index (χ2v) is 9.12. The fourth-order valence-corrected chi connectivity index (χ4v) is 4.57. The Balaban J connectivity index is 1.26. The number of carbonyl (C=O) groups is 3. The largest absolute Gasteiger partial charge is 0.296 e. The van der Waals surface area contributed by atoms with Crippen LogP contribution in [0.15, 0.2) is 72.8 Å². The minimum atomic E-state index is -0.331. The monoisotopic (exact) mass is 468 g/mol. The molecule has 5 rings (SSSR count). The number of carbonyl (C=O) groups excluding carboxylic acids is 3. The van der Waals surface area contributed by atoms with Gasteiger partial charge in [0.1, 0.15) is 5.01 Å². The van der Waals surface area contributed by atoms with Crippen LogP contribution in [-0.2, 0) is 13.0 Å². The van der Waals surface area contributed by atoms with Crippen molar-refractivity contribution in [1.29, 1.82) is 0 Å². The van der Waals surface area contributed by atoms with Gasteiger partial charge in [-0.05, 0) is 42.3 Å². The summed E-state index contributed by atoms with van der Waals surface area (Å²) >= 11 is 1.33. The zero-order valence-corrected chi connectivity index (χ0v) is 19.1. The zero-order chi connectivity index (χ0) is 23.7. The quantitative estimate of drug-likeness (QED) is 0.421. The molecular formula is C26H20N4O3S. The molecule has 3 aromatic carbocycles. The first-order valence-corrected chi connectivity index (χ1v) is 11.5. The molecule has 1 N–H and O–H groups in total. The molecule has 0 aliphatic carbocycles. The lowest BCUT2D eigenvalue weighted by Gasteiger charge is -2.14. The van der Waals surface area contributed by atoms with Gasteiger partial charge in [-0.3, -0.25) is 24.6 Å². The van der Waals surface area contributed by atoms with Crippen LogP contribution in [0.5, 0.6) is 0 Å². The van der Waals surface area contributed by atoms with E-state index in [1.54, 1.807) is 48.5 Å². The van der Waals surface area contributed by atoms with Gasteiger partial charge in [-0.15, -0.1) is 10.2 Å². The van der Waals surface area contributed by atoms with Crippen LogP contribution in [0.1, 0.15) is 52.8 Å². The maximum Gasteiger partial charge on any atom is 0.261 e. The molecule has 0 radical (unpaired) electrons. The number of aromatic nitrogens is 2. The normalized spacial score (nSPS) is 12.7. The molecule has 0 unspecified atom stereocenters. The van der Waals surface area contributed by atoms with Crippen LogP contribution in [0.4, 0.5) is 5.13 Å². The Kier molecular flexibility index (Phi) is 5.73. The summed E-state index contributed by atoms with van der Waals surface area (Å²) in [6.45, 7) is 2.13. The van der Waals surface area contributed by atoms with Gasteiger partial charge in [-0.25, -0.2) is 0 Å². The summed E-state index contributed by atoms with van der Waals surface area (Å²) in [7, 11) is 0. The number of imide groups is 1. The number of benzene rings is 3. The summed E-state index contributed by atoms with van der Waals surface area (Å²) in [5.41, 5.74) is 4.21. The van der Waals surface area contributed by atoms with Gasteiger partial charge in [0, 0.05) is 12.0 Å². The molecule has 0 saturated carbocycles. The van der Waals surface area contributed by atoms with Crippen LogP contribution in [0.3, 0.4) is 0 Å². The third-order valence-electron chi connectivity index (χ3n) is 5.57. The van der Waals surface area contributed by atoms with Crippen LogP contribution in [0.2, 0.25) is 0 Å². The molecule has 1 aromatic heterocycles. The second kappa shape index (κ2) is 8.99. The molecule has 0 atom stereocenters. The van der Waals surface area contributed by atoms with E-state index in [9.17, 15) is 14.4 Å². The number of anilines is 1. The van der Waals surface area contributed by atoms with E-state index >= 15 is 0 Å². The standard InChI is InChI=1S/C26H20N4O3S/c1-16-9-11-17(12-10-16)14-22-28-29-26(34-22)27-23(31)19-6-4-5-18(13-19)15-30-24(32)20-7-2-3-8-21(20)25(30)33/h2-13H,14-15H2,1H3,(H,27,29,31). The molecule has 7 nitrogen and oxygen atoms in total. The van der Waals surface area contributed by atoms with E-state index in [4.69, 9.17) is 0 Å². The van der Waals surface area contributed by atoms with Crippen molar-refractivity contribution in [3.05, 3.63) is 111 Å². The van der Waals surface area contributed by atoms with Gasteiger partial charge in [0.15, 0.2) is 0 Å². The first-order chi connectivity index (χ1) is 16.5. The van der Waals surface area contributed by atoms with E-state index in [-0.39, 0.29) is 24.3 Å². The number of nitrogens with one attached hydrogen (secondary N) is 1. The molecule has 168 valence electrons. The molecule has 1 aliphatic heterocycles. The first kappa shape index (κ1) is 21.7. The SMILES string of the molecule is Cc1ccc(Cc2nnc(NC(=O)c3cccc(CN4C(=O)c5ccccc5C4=O)c3)s2)cc1. The van der Waals surface area contributed by atoms with Crippen molar-refractivity contribution in [3.63, 3.8) is 0 Å². The molecule has 1 aliphatic rings. The van der Waals surface area contributed by atoms with Crippen molar-refractivity contribution in [2.24, 2.45) is 0 Å². The van der Waals surface area contributed by atoms with Crippen molar-refractivity contribution in [3.8, 4) is 0 Å². The maximum atomic E-state index is 12.8. The van der Waals surface area contributed by atoms with Gasteiger partial charge in [-0.2, -0.15) is 0 Å². The van der Waals surface area contributed by atoms with E-state index in [0.29, 0.717) is 33.8 Å². The van der Waals surface area contributed by atoms with Crippen molar-refractivity contribution < 1.29 is 14.4 Å². The van der Waals surface area contributed by atoms with Crippen LogP contribution >= 0.6 is 11.3 Å². The Morgan fingerprint density at radius 3 is 2.29 bits per heavy atom. The van der Waals surface area contributed by atoms with Crippen LogP contribution in [-0.4, -0.2) is 32.8 Å². The Labute approximate surface area is 200 Å². The maximum absolute atomic E-state index is 12.8. The summed E-state index contributed by atoms with van der Waals surface area (Å²) in [5, 5.41) is 12.3. The van der Waals surface area contributed by atoms with Crippen molar-refractivity contribution in [2.45, 2.75) is 19.9 Å². The zero-order valence-electron chi connectivity index (χ0n) is 18.3. The number of nitrogens with zero attached hydrogens (tertiary/aromatic N) is 3. The lowest BCUT2D eigenvalue weighted by Crippen LogP contribution is -2.29. The molecule has 4 aromatic rings. The molecule has 0 bridgehead atoms. The first-order valence-electron chi connectivity index (χ1n) is 10.7. The minimum absolute atomic E-state index is 0.0903. The van der Waals surface area contributed by atoms with Crippen LogP contribution < -0.4 is 5.32 Å². The van der Waals surface area contributed by atoms with Gasteiger partial charge < -0.3 is 0 Å². The third-order valence-corrected chi connectivity index (χ3v) is 6.41. The van der Waals surface area contributed by atoms with E-state index in [1.165, 1.54) is 21.8 Å². The number of fused-ring (bicyclic) bond motifs is 1. The molecule has 0 fully saturated rings. The topological polar surface area (TPSA) is 92.3 Å². The number of rotatable bonds is 6. The highest BCUT2D eigenvalue weighted by Gasteiger charge is 2.35. The van der Waals surface area contributed by atoms with E-state index in [0.717, 1.165) is 10.6 Å². The lowest BCUT2D eigenvalue weighted by atomic mass is 10.1. The Morgan fingerprint density at radius 2 is 1.59 bits per heavy atom. The summed E-state index contributed by atoms with van der Waals surface area (Å²) in [6.07, 6.45) is 0.642. The molecule has 0 saturated heterocycles. The highest BCUT2D eigenvalue weighted by molar-refractivity contribution is 7.15. The molecular weight excluding hydrogens is 448 g/mol. The predicted octanol–water partition coefficient (Wildman–Crippen LogP) is 4.49. The third kappa shape index (κ3) is 4.35. The van der Waals surface area contributed by atoms with Gasteiger partial charge in [0.05, 0.1) is 17.7 Å². The average Bonchev–Trinajstić information content (AvgIpc) is 3.38. The number of hydrogen-bond acceptors (Lipinski definition) is 6. The Morgan fingerprint density at radius 1 is 0.882 bits per heavy atom. The van der Waals surface area contributed by atoms with E-state index < -0.39 is 0 Å². The second-order valence-electron chi connectivity index (χ2n) is 8.06. The fourth-order valence-electron chi connectivity index (χ4n) is 3.80. The summed E-state index contributed by atoms with van der Waals surface area (Å²) < 4.78 is 0. The molecule has 3 amide bonds. The highest BCUT2D eigenvalue weighted by atomic mass is 32.1. The Bertz CT molecular complexity index is 1380. The highest BCUT2D eigenvalue weighted by Crippen LogP contribution is 2.25. The van der Waals surface area contributed by atoms with Gasteiger partial charge in [-0.1, -0.05) is 65.4 Å². The van der Waals surface area contributed by atoms with Gasteiger partial charge in [0.25, 0.3) is 17.7 Å². The van der Waals surface area contributed by atoms with E-state index in [1.807, 2.05) is 19.1 Å². The van der Waals surface area contributed by atoms with Crippen molar-refractivity contribution >= 4 is 34.2 Å². The molecule has 2 heterocycles. The smallest absolute Gasteiger partial charge is 0.261 e. The summed E-state index contributed by atoms with van der Waals surface area (Å²) in [5.74, 6) is -0.988. The number of hydrogen-bond donors (Lipinski definition) is 1. The molecule has 0 spiro atoms. The van der Waals surface area contributed by atoms with Crippen LogP contribution in [0.25, 0.3) is 0 Å². The number of amides is 3. The average molecular weight is 469 g/mol. The van der Waals surface area contributed by atoms with Crippen molar-refractivity contribution in [1.82, 2.24) is 15.1 Å². The van der Waals surface area contributed by atoms with Crippen molar-refractivity contribution in [2.75, 3.05) is 5.32 Å². The molecule has 8 heteroatoms. The fraction of sp³-hybridized carbons (Fsp3) is 0.115. The van der Waals surface area contributed by atoms with Crippen LogP contribution in [0, 0.1) is 6.92 Å². The molecule has 34 heavy (non-hydrogen) atoms. The minimum Gasteiger partial charge on any atom is -0.296 e. The summed E-state index contributed by atoms with van der Waals surface area (Å²) in [4.78, 5) is 39.3. The predicted molar refractivity (Wildman–Crippen MR) is 129 cm³/mol. The Hall–Kier alpha value is -4.17.